The Morgan fingerprint density at radius 3 is 2.05 bits per heavy atom. The number of hydrogen-bond acceptors (Lipinski definition) is 4. The molecule has 22 heavy (non-hydrogen) atoms. The fourth-order valence-electron chi connectivity index (χ4n) is 1.87. The molecule has 0 atom stereocenters. The van der Waals surface area contributed by atoms with Gasteiger partial charge in [-0.15, -0.1) is 0 Å². The summed E-state index contributed by atoms with van der Waals surface area (Å²) in [5.74, 6) is -0.706. The van der Waals surface area contributed by atoms with E-state index in [-0.39, 0.29) is 11.9 Å². The monoisotopic (exact) mass is 304 g/mol. The highest BCUT2D eigenvalue weighted by Gasteiger charge is 2.17. The van der Waals surface area contributed by atoms with Crippen molar-refractivity contribution in [1.29, 1.82) is 0 Å². The van der Waals surface area contributed by atoms with E-state index in [0.717, 1.165) is 11.1 Å². The van der Waals surface area contributed by atoms with Gasteiger partial charge in [-0.3, -0.25) is 0 Å². The summed E-state index contributed by atoms with van der Waals surface area (Å²) in [5.41, 5.74) is 1.73. The Morgan fingerprint density at radius 2 is 1.59 bits per heavy atom. The lowest BCUT2D eigenvalue weighted by Gasteiger charge is -2.19. The summed E-state index contributed by atoms with van der Waals surface area (Å²) in [7, 11) is 0. The zero-order chi connectivity index (χ0) is 16.8. The largest absolute Gasteiger partial charge is 0.463 e. The second-order valence-electron chi connectivity index (χ2n) is 5.85. The third-order valence-electron chi connectivity index (χ3n) is 2.85. The Kier molecular flexibility index (Phi) is 6.35. The van der Waals surface area contributed by atoms with Crippen LogP contribution < -0.4 is 0 Å². The van der Waals surface area contributed by atoms with E-state index in [1.807, 2.05) is 39.8 Å². The van der Waals surface area contributed by atoms with Crippen molar-refractivity contribution in [3.8, 4) is 0 Å². The normalized spacial score (nSPS) is 12.0. The smallest absolute Gasteiger partial charge is 0.338 e. The number of rotatable bonds is 5. The van der Waals surface area contributed by atoms with E-state index >= 15 is 0 Å². The molecule has 0 spiro atoms. The van der Waals surface area contributed by atoms with Crippen LogP contribution in [-0.4, -0.2) is 24.1 Å². The molecule has 0 heterocycles. The van der Waals surface area contributed by atoms with Crippen LogP contribution >= 0.6 is 0 Å². The molecular weight excluding hydrogens is 280 g/mol. The van der Waals surface area contributed by atoms with Gasteiger partial charge in [0.1, 0.15) is 5.60 Å². The van der Waals surface area contributed by atoms with Crippen molar-refractivity contribution in [2.45, 2.75) is 46.6 Å². The van der Waals surface area contributed by atoms with E-state index < -0.39 is 5.60 Å². The topological polar surface area (TPSA) is 52.6 Å². The minimum absolute atomic E-state index is 0.351. The number of esters is 2. The molecule has 0 saturated heterocycles. The quantitative estimate of drug-likeness (QED) is 0.609. The number of ether oxygens (including phenoxy) is 2. The van der Waals surface area contributed by atoms with Crippen LogP contribution in [0.4, 0.5) is 0 Å². The Bertz CT molecular complexity index is 547. The molecule has 0 aliphatic rings. The van der Waals surface area contributed by atoms with Gasteiger partial charge in [0, 0.05) is 6.08 Å². The average molecular weight is 304 g/mol. The molecule has 0 N–H and O–H groups in total. The van der Waals surface area contributed by atoms with E-state index in [4.69, 9.17) is 9.47 Å². The molecule has 1 aromatic carbocycles. The number of carbonyl (C=O) groups excluding carboxylic acids is 2. The maximum atomic E-state index is 12.0. The van der Waals surface area contributed by atoms with Crippen molar-refractivity contribution in [3.63, 3.8) is 0 Å². The van der Waals surface area contributed by atoms with Gasteiger partial charge in [0.25, 0.3) is 0 Å². The molecule has 0 amide bonds. The molecule has 0 radical (unpaired) electrons. The minimum atomic E-state index is -0.520. The van der Waals surface area contributed by atoms with Crippen LogP contribution in [0, 0.1) is 0 Å². The van der Waals surface area contributed by atoms with Crippen molar-refractivity contribution in [3.05, 3.63) is 41.5 Å². The Labute approximate surface area is 132 Å². The van der Waals surface area contributed by atoms with Crippen molar-refractivity contribution in [1.82, 2.24) is 0 Å². The first-order chi connectivity index (χ1) is 10.3. The minimum Gasteiger partial charge on any atom is -0.463 e. The highest BCUT2D eigenvalue weighted by atomic mass is 16.6. The number of benzene rings is 1. The van der Waals surface area contributed by atoms with E-state index in [0.29, 0.717) is 18.6 Å². The van der Waals surface area contributed by atoms with Crippen molar-refractivity contribution >= 4 is 17.5 Å². The van der Waals surface area contributed by atoms with E-state index in [1.54, 1.807) is 19.1 Å². The first kappa shape index (κ1) is 18.0. The van der Waals surface area contributed by atoms with Crippen LogP contribution in [0.15, 0.2) is 30.3 Å². The van der Waals surface area contributed by atoms with E-state index in [2.05, 4.69) is 0 Å². The van der Waals surface area contributed by atoms with Crippen LogP contribution in [0.3, 0.4) is 0 Å². The fraction of sp³-hybridized carbons (Fsp3) is 0.444. The average Bonchev–Trinajstić information content (AvgIpc) is 2.43. The van der Waals surface area contributed by atoms with Crippen molar-refractivity contribution < 1.29 is 19.1 Å². The van der Waals surface area contributed by atoms with Crippen LogP contribution in [-0.2, 0) is 14.3 Å². The van der Waals surface area contributed by atoms with Crippen LogP contribution in [0.1, 0.15) is 57.0 Å². The highest BCUT2D eigenvalue weighted by Crippen LogP contribution is 2.20. The lowest BCUT2D eigenvalue weighted by Crippen LogP contribution is -2.23. The highest BCUT2D eigenvalue weighted by molar-refractivity contribution is 5.93. The Hall–Kier alpha value is -2.10. The molecule has 1 rings (SSSR count). The summed E-state index contributed by atoms with van der Waals surface area (Å²) in [6, 6.07) is 7.04. The molecule has 0 aromatic heterocycles. The molecule has 0 fully saturated rings. The number of hydrogen-bond donors (Lipinski definition) is 0. The van der Waals surface area contributed by atoms with Gasteiger partial charge in [0.2, 0.25) is 0 Å². The standard InChI is InChI=1S/C18H24O4/c1-6-13(12-16(19)21-7-2)14-8-10-15(11-9-14)17(20)22-18(3,4)5/h8-12H,6-7H2,1-5H3/b13-12-. The summed E-state index contributed by atoms with van der Waals surface area (Å²) < 4.78 is 10.2. The van der Waals surface area contributed by atoms with Gasteiger partial charge in [-0.2, -0.15) is 0 Å². The Balaban J connectivity index is 2.91. The van der Waals surface area contributed by atoms with Crippen molar-refractivity contribution in [2.24, 2.45) is 0 Å². The van der Waals surface area contributed by atoms with Gasteiger partial charge in [0.05, 0.1) is 12.2 Å². The second kappa shape index (κ2) is 7.78. The molecule has 0 saturated carbocycles. The second-order valence-corrected chi connectivity index (χ2v) is 5.85. The number of allylic oxidation sites excluding steroid dienone is 1. The summed E-state index contributed by atoms with van der Waals surface area (Å²) in [4.78, 5) is 23.5. The summed E-state index contributed by atoms with van der Waals surface area (Å²) in [5, 5.41) is 0. The van der Waals surface area contributed by atoms with Gasteiger partial charge < -0.3 is 9.47 Å². The zero-order valence-electron chi connectivity index (χ0n) is 13.9. The summed E-state index contributed by atoms with van der Waals surface area (Å²) >= 11 is 0. The molecule has 0 aliphatic carbocycles. The Morgan fingerprint density at radius 1 is 1.05 bits per heavy atom. The van der Waals surface area contributed by atoms with Crippen LogP contribution in [0.5, 0.6) is 0 Å². The SMILES string of the molecule is CCOC(=O)/C=C(/CC)c1ccc(C(=O)OC(C)(C)C)cc1. The molecule has 0 unspecified atom stereocenters. The lowest BCUT2D eigenvalue weighted by molar-refractivity contribution is -0.137. The first-order valence-corrected chi connectivity index (χ1v) is 7.48. The van der Waals surface area contributed by atoms with E-state index in [9.17, 15) is 9.59 Å². The van der Waals surface area contributed by atoms with Gasteiger partial charge in [0.15, 0.2) is 0 Å². The maximum absolute atomic E-state index is 12.0. The molecule has 0 bridgehead atoms. The van der Waals surface area contributed by atoms with Crippen LogP contribution in [0.25, 0.3) is 5.57 Å². The predicted octanol–water partition coefficient (Wildman–Crippen LogP) is 4.00. The zero-order valence-corrected chi connectivity index (χ0v) is 13.9. The first-order valence-electron chi connectivity index (χ1n) is 7.48. The van der Waals surface area contributed by atoms with Gasteiger partial charge >= 0.3 is 11.9 Å². The maximum Gasteiger partial charge on any atom is 0.338 e. The van der Waals surface area contributed by atoms with Crippen molar-refractivity contribution in [2.75, 3.05) is 6.61 Å². The third-order valence-corrected chi connectivity index (χ3v) is 2.85. The summed E-state index contributed by atoms with van der Waals surface area (Å²) in [6.07, 6.45) is 2.19. The predicted molar refractivity (Wildman–Crippen MR) is 86.5 cm³/mol. The van der Waals surface area contributed by atoms with Crippen LogP contribution in [0.2, 0.25) is 0 Å². The molecule has 120 valence electrons. The van der Waals surface area contributed by atoms with Gasteiger partial charge in [-0.1, -0.05) is 19.1 Å². The fourth-order valence-corrected chi connectivity index (χ4v) is 1.87. The molecule has 4 nitrogen and oxygen atoms in total. The van der Waals surface area contributed by atoms with Gasteiger partial charge in [-0.05, 0) is 57.4 Å². The molecule has 4 heteroatoms. The van der Waals surface area contributed by atoms with E-state index in [1.165, 1.54) is 6.08 Å². The summed E-state index contributed by atoms with van der Waals surface area (Å²) in [6.45, 7) is 9.58. The van der Waals surface area contributed by atoms with Gasteiger partial charge in [-0.25, -0.2) is 9.59 Å². The lowest BCUT2D eigenvalue weighted by atomic mass is 10.0. The molecule has 1 aromatic rings. The third kappa shape index (κ3) is 5.72. The molecular formula is C18H24O4. The molecule has 0 aliphatic heterocycles. The number of carbonyl (C=O) groups is 2.